The van der Waals surface area contributed by atoms with E-state index in [2.05, 4.69) is 26.0 Å². The van der Waals surface area contributed by atoms with E-state index in [1.165, 1.54) is 18.2 Å². The Morgan fingerprint density at radius 2 is 1.95 bits per heavy atom. The molecule has 0 heterocycles. The molecular weight excluding hydrogens is 347 g/mol. The lowest BCUT2D eigenvalue weighted by molar-refractivity contribution is -0.0504. The molecule has 1 N–H and O–H groups in total. The Morgan fingerprint density at radius 3 is 2.62 bits per heavy atom. The van der Waals surface area contributed by atoms with E-state index in [1.54, 1.807) is 25.1 Å². The Hall–Kier alpha value is -1.69. The van der Waals surface area contributed by atoms with Crippen LogP contribution in [0.15, 0.2) is 40.9 Å². The molecule has 0 aromatic heterocycles. The van der Waals surface area contributed by atoms with E-state index in [9.17, 15) is 13.2 Å². The highest BCUT2D eigenvalue weighted by atomic mass is 79.9. The molecule has 0 aliphatic heterocycles. The van der Waals surface area contributed by atoms with Gasteiger partial charge in [-0.05, 0) is 48.9 Å². The second-order valence-corrected chi connectivity index (χ2v) is 5.36. The highest BCUT2D eigenvalue weighted by Gasteiger charge is 2.10. The van der Waals surface area contributed by atoms with Crippen molar-refractivity contribution in [3.05, 3.63) is 57.8 Å². The first-order chi connectivity index (χ1) is 9.95. The molecule has 0 radical (unpaired) electrons. The van der Waals surface area contributed by atoms with Crippen molar-refractivity contribution >= 4 is 21.6 Å². The van der Waals surface area contributed by atoms with Gasteiger partial charge in [0.1, 0.15) is 11.6 Å². The molecule has 6 heteroatoms. The van der Waals surface area contributed by atoms with Crippen molar-refractivity contribution in [1.29, 1.82) is 0 Å². The Morgan fingerprint density at radius 1 is 1.19 bits per heavy atom. The smallest absolute Gasteiger partial charge is 0.387 e. The van der Waals surface area contributed by atoms with Crippen LogP contribution in [0.4, 0.5) is 18.9 Å². The third-order valence-electron chi connectivity index (χ3n) is 2.90. The van der Waals surface area contributed by atoms with Crippen molar-refractivity contribution < 1.29 is 17.9 Å². The van der Waals surface area contributed by atoms with Crippen LogP contribution in [-0.2, 0) is 6.54 Å². The maximum absolute atomic E-state index is 13.0. The van der Waals surface area contributed by atoms with Gasteiger partial charge < -0.3 is 10.1 Å². The normalized spacial score (nSPS) is 10.8. The summed E-state index contributed by atoms with van der Waals surface area (Å²) in [4.78, 5) is 0. The zero-order chi connectivity index (χ0) is 15.4. The summed E-state index contributed by atoms with van der Waals surface area (Å²) in [6.07, 6.45) is 0. The largest absolute Gasteiger partial charge is 0.434 e. The van der Waals surface area contributed by atoms with Crippen LogP contribution in [0, 0.1) is 12.7 Å². The number of benzene rings is 2. The molecule has 0 atom stereocenters. The monoisotopic (exact) mass is 359 g/mol. The highest BCUT2D eigenvalue weighted by molar-refractivity contribution is 9.10. The summed E-state index contributed by atoms with van der Waals surface area (Å²) in [5.74, 6) is -0.206. The number of ether oxygens (including phenoxy) is 1. The number of hydrogen-bond acceptors (Lipinski definition) is 2. The van der Waals surface area contributed by atoms with Gasteiger partial charge in [0, 0.05) is 22.3 Å². The number of rotatable bonds is 5. The summed E-state index contributed by atoms with van der Waals surface area (Å²) < 4.78 is 43.0. The second kappa shape index (κ2) is 6.85. The van der Waals surface area contributed by atoms with Gasteiger partial charge in [-0.15, -0.1) is 0 Å². The third kappa shape index (κ3) is 4.39. The van der Waals surface area contributed by atoms with Gasteiger partial charge in [-0.3, -0.25) is 0 Å². The van der Waals surface area contributed by atoms with E-state index in [0.717, 1.165) is 15.7 Å². The summed E-state index contributed by atoms with van der Waals surface area (Å²) >= 11 is 3.29. The van der Waals surface area contributed by atoms with Crippen molar-refractivity contribution in [2.24, 2.45) is 0 Å². The summed E-state index contributed by atoms with van der Waals surface area (Å²) in [6, 6.07) is 9.15. The van der Waals surface area contributed by atoms with Crippen LogP contribution in [0.5, 0.6) is 5.75 Å². The molecule has 112 valence electrons. The molecule has 0 unspecified atom stereocenters. The van der Waals surface area contributed by atoms with Gasteiger partial charge >= 0.3 is 6.61 Å². The van der Waals surface area contributed by atoms with Crippen molar-refractivity contribution in [3.8, 4) is 5.75 Å². The Balaban J connectivity index is 2.16. The Kier molecular flexibility index (Phi) is 5.12. The van der Waals surface area contributed by atoms with E-state index in [4.69, 9.17) is 0 Å². The molecule has 2 nitrogen and oxygen atoms in total. The summed E-state index contributed by atoms with van der Waals surface area (Å²) in [7, 11) is 0. The molecular formula is C15H13BrF3NO. The summed E-state index contributed by atoms with van der Waals surface area (Å²) in [5.41, 5.74) is 2.05. The molecule has 2 rings (SSSR count). The lowest BCUT2D eigenvalue weighted by atomic mass is 10.1. The SMILES string of the molecule is Cc1cc(F)ccc1NCc1cc(Br)ccc1OC(F)F. The van der Waals surface area contributed by atoms with E-state index in [0.29, 0.717) is 5.56 Å². The number of alkyl halides is 2. The minimum atomic E-state index is -2.88. The van der Waals surface area contributed by atoms with Gasteiger partial charge in [-0.1, -0.05) is 15.9 Å². The fraction of sp³-hybridized carbons (Fsp3) is 0.200. The molecule has 21 heavy (non-hydrogen) atoms. The maximum Gasteiger partial charge on any atom is 0.387 e. The van der Waals surface area contributed by atoms with Crippen molar-refractivity contribution in [2.45, 2.75) is 20.1 Å². The van der Waals surface area contributed by atoms with Gasteiger partial charge in [0.15, 0.2) is 0 Å². The molecule has 2 aromatic rings. The molecule has 0 amide bonds. The summed E-state index contributed by atoms with van der Waals surface area (Å²) in [6.45, 7) is -0.825. The average Bonchev–Trinajstić information content (AvgIpc) is 2.40. The van der Waals surface area contributed by atoms with E-state index < -0.39 is 6.61 Å². The first-order valence-electron chi connectivity index (χ1n) is 6.19. The average molecular weight is 360 g/mol. The van der Waals surface area contributed by atoms with Crippen LogP contribution in [0.3, 0.4) is 0 Å². The molecule has 0 bridgehead atoms. The minimum absolute atomic E-state index is 0.112. The second-order valence-electron chi connectivity index (χ2n) is 4.44. The van der Waals surface area contributed by atoms with Crippen LogP contribution in [0.1, 0.15) is 11.1 Å². The molecule has 0 saturated heterocycles. The van der Waals surface area contributed by atoms with Crippen molar-refractivity contribution in [2.75, 3.05) is 5.32 Å². The van der Waals surface area contributed by atoms with Crippen molar-refractivity contribution in [3.63, 3.8) is 0 Å². The van der Waals surface area contributed by atoms with Crippen molar-refractivity contribution in [1.82, 2.24) is 0 Å². The van der Waals surface area contributed by atoms with Gasteiger partial charge in [-0.2, -0.15) is 8.78 Å². The number of anilines is 1. The summed E-state index contributed by atoms with van der Waals surface area (Å²) in [5, 5.41) is 3.08. The van der Waals surface area contributed by atoms with Crippen LogP contribution < -0.4 is 10.1 Å². The standard InChI is InChI=1S/C15H13BrF3NO/c1-9-6-12(17)3-4-13(9)20-8-10-7-11(16)2-5-14(10)21-15(18)19/h2-7,15,20H,8H2,1H3. The van der Waals surface area contributed by atoms with Crippen LogP contribution in [-0.4, -0.2) is 6.61 Å². The first-order valence-corrected chi connectivity index (χ1v) is 6.98. The van der Waals surface area contributed by atoms with E-state index in [1.807, 2.05) is 0 Å². The van der Waals surface area contributed by atoms with Crippen LogP contribution >= 0.6 is 15.9 Å². The quantitative estimate of drug-likeness (QED) is 0.800. The van der Waals surface area contributed by atoms with Crippen LogP contribution in [0.2, 0.25) is 0 Å². The minimum Gasteiger partial charge on any atom is -0.434 e. The molecule has 0 aliphatic carbocycles. The Labute approximate surface area is 129 Å². The van der Waals surface area contributed by atoms with Crippen LogP contribution in [0.25, 0.3) is 0 Å². The number of halogens is 4. The predicted octanol–water partition coefficient (Wildman–Crippen LogP) is 5.11. The number of aryl methyl sites for hydroxylation is 1. The van der Waals surface area contributed by atoms with E-state index >= 15 is 0 Å². The zero-order valence-corrected chi connectivity index (χ0v) is 12.8. The number of hydrogen-bond donors (Lipinski definition) is 1. The number of nitrogens with one attached hydrogen (secondary N) is 1. The maximum atomic E-state index is 13.0. The highest BCUT2D eigenvalue weighted by Crippen LogP contribution is 2.26. The third-order valence-corrected chi connectivity index (χ3v) is 3.39. The molecule has 0 saturated carbocycles. The molecule has 2 aromatic carbocycles. The fourth-order valence-electron chi connectivity index (χ4n) is 1.91. The molecule has 0 fully saturated rings. The lowest BCUT2D eigenvalue weighted by Gasteiger charge is -2.14. The van der Waals surface area contributed by atoms with E-state index in [-0.39, 0.29) is 18.1 Å². The predicted molar refractivity (Wildman–Crippen MR) is 79.2 cm³/mol. The van der Waals surface area contributed by atoms with Gasteiger partial charge in [0.05, 0.1) is 0 Å². The lowest BCUT2D eigenvalue weighted by Crippen LogP contribution is -2.07. The van der Waals surface area contributed by atoms with Gasteiger partial charge in [-0.25, -0.2) is 4.39 Å². The zero-order valence-electron chi connectivity index (χ0n) is 11.2. The molecule has 0 spiro atoms. The molecule has 0 aliphatic rings. The Bertz CT molecular complexity index is 634. The van der Waals surface area contributed by atoms with Gasteiger partial charge in [0.2, 0.25) is 0 Å². The van der Waals surface area contributed by atoms with Gasteiger partial charge in [0.25, 0.3) is 0 Å². The first kappa shape index (κ1) is 15.7. The fourth-order valence-corrected chi connectivity index (χ4v) is 2.32. The topological polar surface area (TPSA) is 21.3 Å².